The van der Waals surface area contributed by atoms with Gasteiger partial charge in [-0.3, -0.25) is 4.79 Å². The van der Waals surface area contributed by atoms with E-state index in [2.05, 4.69) is 10.3 Å². The Hall–Kier alpha value is -2.81. The van der Waals surface area contributed by atoms with Gasteiger partial charge in [-0.05, 0) is 45.0 Å². The van der Waals surface area contributed by atoms with Gasteiger partial charge in [0, 0.05) is 22.7 Å². The third-order valence-corrected chi connectivity index (χ3v) is 4.84. The molecule has 0 saturated heterocycles. The first-order valence-corrected chi connectivity index (χ1v) is 9.84. The van der Waals surface area contributed by atoms with Gasteiger partial charge >= 0.3 is 12.3 Å². The smallest absolute Gasteiger partial charge is 0.433 e. The summed E-state index contributed by atoms with van der Waals surface area (Å²) in [5.74, 6) is -0.376. The molecule has 1 N–H and O–H groups in total. The largest absolute Gasteiger partial charge is 0.444 e. The summed E-state index contributed by atoms with van der Waals surface area (Å²) in [6, 6.07) is 7.32. The molecule has 10 heteroatoms. The van der Waals surface area contributed by atoms with Gasteiger partial charge in [0.1, 0.15) is 23.2 Å². The predicted octanol–water partition coefficient (Wildman–Crippen LogP) is 4.91. The Balaban J connectivity index is 2.02. The second-order valence-electron chi connectivity index (χ2n) is 8.07. The molecule has 0 spiro atoms. The zero-order chi connectivity index (χ0) is 23.0. The number of alkyl halides is 3. The quantitative estimate of drug-likeness (QED) is 0.696. The molecule has 0 bridgehead atoms. The van der Waals surface area contributed by atoms with Gasteiger partial charge in [-0.15, -0.1) is 0 Å². The van der Waals surface area contributed by atoms with Crippen LogP contribution in [0.5, 0.6) is 0 Å². The summed E-state index contributed by atoms with van der Waals surface area (Å²) >= 11 is 6.29. The van der Waals surface area contributed by atoms with Crippen LogP contribution in [0.4, 0.5) is 29.5 Å². The maximum absolute atomic E-state index is 13.2. The van der Waals surface area contributed by atoms with Crippen LogP contribution in [-0.4, -0.2) is 35.0 Å². The van der Waals surface area contributed by atoms with Crippen LogP contribution >= 0.6 is 11.6 Å². The summed E-state index contributed by atoms with van der Waals surface area (Å²) in [5.41, 5.74) is -0.962. The van der Waals surface area contributed by atoms with E-state index >= 15 is 0 Å². The standard InChI is InChI=1S/C21H21ClF3N3O3/c1-20(2,3)31-19(30)26-14-11-28(18-9-5-8-17(27-18)21(23,24)25)15-7-4-6-13(22)12(15)10-16(14)29/h4-9,14H,10-11H2,1-3H3,(H,26,30)/t14-/m0/s1. The number of rotatable bonds is 2. The van der Waals surface area contributed by atoms with Crippen molar-refractivity contribution in [2.75, 3.05) is 11.4 Å². The third-order valence-electron chi connectivity index (χ3n) is 4.48. The maximum atomic E-state index is 13.2. The van der Waals surface area contributed by atoms with Gasteiger partial charge < -0.3 is 15.0 Å². The first kappa shape index (κ1) is 22.9. The zero-order valence-electron chi connectivity index (χ0n) is 17.1. The van der Waals surface area contributed by atoms with Crippen molar-refractivity contribution in [1.29, 1.82) is 0 Å². The Labute approximate surface area is 182 Å². The van der Waals surface area contributed by atoms with E-state index in [9.17, 15) is 22.8 Å². The molecule has 2 heterocycles. The number of hydrogen-bond donors (Lipinski definition) is 1. The lowest BCUT2D eigenvalue weighted by molar-refractivity contribution is -0.141. The number of carbonyl (C=O) groups is 2. The van der Waals surface area contributed by atoms with Gasteiger partial charge in [-0.1, -0.05) is 23.7 Å². The molecule has 1 amide bonds. The van der Waals surface area contributed by atoms with E-state index in [1.165, 1.54) is 17.0 Å². The molecule has 0 aliphatic carbocycles. The summed E-state index contributed by atoms with van der Waals surface area (Å²) in [4.78, 5) is 30.3. The van der Waals surface area contributed by atoms with Crippen molar-refractivity contribution < 1.29 is 27.5 Å². The fourth-order valence-corrected chi connectivity index (χ4v) is 3.42. The number of benzene rings is 1. The molecule has 1 atom stereocenters. The summed E-state index contributed by atoms with van der Waals surface area (Å²) in [6.45, 7) is 4.89. The molecule has 6 nitrogen and oxygen atoms in total. The number of nitrogens with zero attached hydrogens (tertiary/aromatic N) is 2. The second kappa shape index (κ2) is 8.37. The predicted molar refractivity (Wildman–Crippen MR) is 110 cm³/mol. The van der Waals surface area contributed by atoms with Gasteiger partial charge in [-0.25, -0.2) is 9.78 Å². The van der Waals surface area contributed by atoms with E-state index in [0.29, 0.717) is 16.3 Å². The highest BCUT2D eigenvalue weighted by Gasteiger charge is 2.35. The van der Waals surface area contributed by atoms with Crippen LogP contribution in [0.25, 0.3) is 0 Å². The molecule has 0 saturated carbocycles. The van der Waals surface area contributed by atoms with Gasteiger partial charge in [-0.2, -0.15) is 13.2 Å². The summed E-state index contributed by atoms with van der Waals surface area (Å²) in [6.07, 6.45) is -5.55. The Kier molecular flexibility index (Phi) is 6.18. The van der Waals surface area contributed by atoms with Crippen LogP contribution < -0.4 is 10.2 Å². The number of halogens is 4. The summed E-state index contributed by atoms with van der Waals surface area (Å²) in [7, 11) is 0. The normalized spacial score (nSPS) is 17.1. The Morgan fingerprint density at radius 1 is 1.19 bits per heavy atom. The van der Waals surface area contributed by atoms with Crippen LogP contribution in [0.2, 0.25) is 5.02 Å². The molecular weight excluding hydrogens is 435 g/mol. The van der Waals surface area contributed by atoms with E-state index < -0.39 is 29.6 Å². The molecule has 1 aliphatic heterocycles. The lowest BCUT2D eigenvalue weighted by Crippen LogP contribution is -2.48. The van der Waals surface area contributed by atoms with Crippen molar-refractivity contribution in [2.24, 2.45) is 0 Å². The highest BCUT2D eigenvalue weighted by Crippen LogP contribution is 2.36. The number of fused-ring (bicyclic) bond motifs is 1. The molecular formula is C21H21ClF3N3O3. The number of nitrogens with one attached hydrogen (secondary N) is 1. The number of ether oxygens (including phenoxy) is 1. The fraction of sp³-hybridized carbons (Fsp3) is 0.381. The van der Waals surface area contributed by atoms with Crippen molar-refractivity contribution in [3.63, 3.8) is 0 Å². The number of hydrogen-bond acceptors (Lipinski definition) is 5. The average Bonchev–Trinajstić information content (AvgIpc) is 2.78. The highest BCUT2D eigenvalue weighted by atomic mass is 35.5. The van der Waals surface area contributed by atoms with E-state index in [1.54, 1.807) is 39.0 Å². The molecule has 0 unspecified atom stereocenters. The molecule has 1 aliphatic rings. The maximum Gasteiger partial charge on any atom is 0.433 e. The molecule has 2 aromatic rings. The van der Waals surface area contributed by atoms with Crippen molar-refractivity contribution in [1.82, 2.24) is 10.3 Å². The van der Waals surface area contributed by atoms with Crippen molar-refractivity contribution in [3.8, 4) is 0 Å². The number of aromatic nitrogens is 1. The third kappa shape index (κ3) is 5.46. The minimum Gasteiger partial charge on any atom is -0.444 e. The van der Waals surface area contributed by atoms with Gasteiger partial charge in [0.25, 0.3) is 0 Å². The van der Waals surface area contributed by atoms with Crippen molar-refractivity contribution >= 4 is 35.0 Å². The number of carbonyl (C=O) groups excluding carboxylic acids is 2. The Morgan fingerprint density at radius 2 is 1.87 bits per heavy atom. The number of amides is 1. The van der Waals surface area contributed by atoms with Gasteiger partial charge in [0.15, 0.2) is 5.78 Å². The van der Waals surface area contributed by atoms with Crippen LogP contribution in [0, 0.1) is 0 Å². The highest BCUT2D eigenvalue weighted by molar-refractivity contribution is 6.32. The molecule has 0 radical (unpaired) electrons. The number of pyridine rings is 1. The fourth-order valence-electron chi connectivity index (χ4n) is 3.18. The number of ketones is 1. The minimum absolute atomic E-state index is 0.0240. The summed E-state index contributed by atoms with van der Waals surface area (Å²) in [5, 5.41) is 2.81. The number of anilines is 2. The Bertz CT molecular complexity index is 1010. The summed E-state index contributed by atoms with van der Waals surface area (Å²) < 4.78 is 44.9. The Morgan fingerprint density at radius 3 is 2.52 bits per heavy atom. The van der Waals surface area contributed by atoms with E-state index in [1.807, 2.05) is 0 Å². The molecule has 31 heavy (non-hydrogen) atoms. The lowest BCUT2D eigenvalue weighted by atomic mass is 10.0. The molecule has 166 valence electrons. The van der Waals surface area contributed by atoms with E-state index in [4.69, 9.17) is 16.3 Å². The minimum atomic E-state index is -4.64. The number of alkyl carbamates (subject to hydrolysis) is 1. The van der Waals surface area contributed by atoms with Crippen molar-refractivity contribution in [2.45, 2.75) is 45.0 Å². The first-order chi connectivity index (χ1) is 14.3. The van der Waals surface area contributed by atoms with Crippen LogP contribution in [-0.2, 0) is 22.1 Å². The second-order valence-corrected chi connectivity index (χ2v) is 8.48. The van der Waals surface area contributed by atoms with Crippen LogP contribution in [0.15, 0.2) is 36.4 Å². The SMILES string of the molecule is CC(C)(C)OC(=O)N[C@H]1CN(c2cccc(C(F)(F)F)n2)c2cccc(Cl)c2CC1=O. The van der Waals surface area contributed by atoms with Gasteiger partial charge in [0.05, 0.1) is 6.54 Å². The molecule has 1 aromatic heterocycles. The lowest BCUT2D eigenvalue weighted by Gasteiger charge is -2.28. The molecule has 0 fully saturated rings. The average molecular weight is 456 g/mol. The van der Waals surface area contributed by atoms with E-state index in [-0.39, 0.29) is 24.6 Å². The van der Waals surface area contributed by atoms with Gasteiger partial charge in [0.2, 0.25) is 0 Å². The molecule has 3 rings (SSSR count). The first-order valence-electron chi connectivity index (χ1n) is 9.46. The van der Waals surface area contributed by atoms with E-state index in [0.717, 1.165) is 6.07 Å². The van der Waals surface area contributed by atoms with Crippen LogP contribution in [0.3, 0.4) is 0 Å². The molecule has 1 aromatic carbocycles. The topological polar surface area (TPSA) is 71.5 Å². The zero-order valence-corrected chi connectivity index (χ0v) is 17.8. The number of Topliss-reactive ketones (excluding diaryl/α,β-unsaturated/α-hetero) is 1. The monoisotopic (exact) mass is 455 g/mol. The van der Waals surface area contributed by atoms with Crippen molar-refractivity contribution in [3.05, 3.63) is 52.7 Å². The van der Waals surface area contributed by atoms with Crippen LogP contribution in [0.1, 0.15) is 32.0 Å².